The van der Waals surface area contributed by atoms with E-state index < -0.39 is 23.9 Å². The summed E-state index contributed by atoms with van der Waals surface area (Å²) in [5.41, 5.74) is 2.38. The van der Waals surface area contributed by atoms with Gasteiger partial charge in [-0.3, -0.25) is 14.4 Å². The van der Waals surface area contributed by atoms with E-state index in [1.54, 1.807) is 24.3 Å². The van der Waals surface area contributed by atoms with Crippen LogP contribution in [0, 0.1) is 11.8 Å². The molecule has 7 nitrogen and oxygen atoms in total. The number of imide groups is 1. The van der Waals surface area contributed by atoms with Gasteiger partial charge in [0.2, 0.25) is 18.6 Å². The smallest absolute Gasteiger partial charge is 0.240 e. The third-order valence-corrected chi connectivity index (χ3v) is 7.99. The summed E-state index contributed by atoms with van der Waals surface area (Å²) in [4.78, 5) is 45.2. The minimum atomic E-state index is -0.784. The topological polar surface area (TPSA) is 76.1 Å². The van der Waals surface area contributed by atoms with Crippen LogP contribution in [0.4, 0.5) is 5.69 Å². The molecule has 2 amide bonds. The zero-order chi connectivity index (χ0) is 23.0. The number of hydrogen-bond acceptors (Lipinski definition) is 7. The van der Waals surface area contributed by atoms with Gasteiger partial charge in [-0.05, 0) is 40.8 Å². The van der Waals surface area contributed by atoms with E-state index in [0.717, 1.165) is 11.1 Å². The van der Waals surface area contributed by atoms with Crippen molar-refractivity contribution in [2.75, 3.05) is 11.7 Å². The summed E-state index contributed by atoms with van der Waals surface area (Å²) in [7, 11) is 0. The summed E-state index contributed by atoms with van der Waals surface area (Å²) < 4.78 is 10.8. The number of fused-ring (bicyclic) bond motifs is 6. The SMILES string of the molecule is O=C(c1cccs1)[C@@H]1[C@@H]2C(=O)N(c3ccc4c(c3)OCO4)C(=O)[C@@H]2C2c3ccccc3C=CN21. The fraction of sp³-hybridized carbons (Fsp3) is 0.192. The lowest BCUT2D eigenvalue weighted by Gasteiger charge is -2.35. The molecule has 0 radical (unpaired) electrons. The Morgan fingerprint density at radius 3 is 2.62 bits per heavy atom. The van der Waals surface area contributed by atoms with E-state index in [1.165, 1.54) is 16.2 Å². The lowest BCUT2D eigenvalue weighted by atomic mass is 9.84. The van der Waals surface area contributed by atoms with E-state index in [-0.39, 0.29) is 24.4 Å². The molecule has 1 aromatic heterocycles. The summed E-state index contributed by atoms with van der Waals surface area (Å²) in [6.07, 6.45) is 3.82. The average molecular weight is 471 g/mol. The van der Waals surface area contributed by atoms with Crippen molar-refractivity contribution in [1.29, 1.82) is 0 Å². The van der Waals surface area contributed by atoms with E-state index in [9.17, 15) is 14.4 Å². The highest BCUT2D eigenvalue weighted by Gasteiger charge is 2.64. The monoisotopic (exact) mass is 470 g/mol. The zero-order valence-corrected chi connectivity index (χ0v) is 18.6. The van der Waals surface area contributed by atoms with E-state index in [1.807, 2.05) is 52.9 Å². The minimum Gasteiger partial charge on any atom is -0.454 e. The number of Topliss-reactive ketones (excluding diaryl/α,β-unsaturated/α-hetero) is 1. The van der Waals surface area contributed by atoms with Crippen molar-refractivity contribution in [2.45, 2.75) is 12.1 Å². The fourth-order valence-electron chi connectivity index (χ4n) is 5.70. The molecule has 1 unspecified atom stereocenters. The Morgan fingerprint density at radius 2 is 1.76 bits per heavy atom. The first-order chi connectivity index (χ1) is 16.6. The molecule has 4 aliphatic rings. The van der Waals surface area contributed by atoms with Crippen molar-refractivity contribution in [3.05, 3.63) is 82.2 Å². The number of thiophene rings is 1. The van der Waals surface area contributed by atoms with Gasteiger partial charge >= 0.3 is 0 Å². The number of carbonyl (C=O) groups excluding carboxylic acids is 3. The van der Waals surface area contributed by atoms with Gasteiger partial charge in [0, 0.05) is 12.3 Å². The van der Waals surface area contributed by atoms with Gasteiger partial charge in [-0.25, -0.2) is 4.90 Å². The van der Waals surface area contributed by atoms with Crippen molar-refractivity contribution >= 4 is 40.7 Å². The molecule has 0 N–H and O–H groups in total. The van der Waals surface area contributed by atoms with Gasteiger partial charge in [-0.1, -0.05) is 30.3 Å². The van der Waals surface area contributed by atoms with E-state index in [2.05, 4.69) is 0 Å². The molecule has 3 aromatic rings. The standard InChI is InChI=1S/C26H18N2O5S/c29-24(19-6-3-11-34-19)23-21-20(22-16-5-2-1-4-14(16)9-10-27(22)23)25(30)28(26(21)31)15-7-8-17-18(12-15)33-13-32-17/h1-12,20-23H,13H2/t20-,21+,22?,23-/m0/s1. The molecule has 2 fully saturated rings. The number of anilines is 1. The molecule has 8 heteroatoms. The third kappa shape index (κ3) is 2.54. The van der Waals surface area contributed by atoms with Crippen LogP contribution in [-0.4, -0.2) is 35.3 Å². The highest BCUT2D eigenvalue weighted by molar-refractivity contribution is 7.12. The van der Waals surface area contributed by atoms with Gasteiger partial charge < -0.3 is 14.4 Å². The number of rotatable bonds is 3. The van der Waals surface area contributed by atoms with Crippen molar-refractivity contribution in [2.24, 2.45) is 11.8 Å². The molecule has 4 aliphatic heterocycles. The second kappa shape index (κ2) is 7.04. The normalized spacial score (nSPS) is 26.0. The number of hydrogen-bond donors (Lipinski definition) is 0. The van der Waals surface area contributed by atoms with E-state index >= 15 is 0 Å². The molecule has 0 bridgehead atoms. The summed E-state index contributed by atoms with van der Waals surface area (Å²) >= 11 is 1.35. The Balaban J connectivity index is 1.37. The lowest BCUT2D eigenvalue weighted by molar-refractivity contribution is -0.123. The first-order valence-electron chi connectivity index (χ1n) is 11.0. The van der Waals surface area contributed by atoms with Gasteiger partial charge in [-0.2, -0.15) is 0 Å². The molecule has 168 valence electrons. The molecule has 2 saturated heterocycles. The maximum Gasteiger partial charge on any atom is 0.240 e. The van der Waals surface area contributed by atoms with Crippen LogP contribution >= 0.6 is 11.3 Å². The second-order valence-corrected chi connectivity index (χ2v) is 9.67. The van der Waals surface area contributed by atoms with Gasteiger partial charge in [0.25, 0.3) is 0 Å². The first kappa shape index (κ1) is 19.5. The van der Waals surface area contributed by atoms with Crippen molar-refractivity contribution in [3.63, 3.8) is 0 Å². The van der Waals surface area contributed by atoms with Crippen LogP contribution in [0.3, 0.4) is 0 Å². The largest absolute Gasteiger partial charge is 0.454 e. The minimum absolute atomic E-state index is 0.101. The van der Waals surface area contributed by atoms with Crippen molar-refractivity contribution in [3.8, 4) is 11.5 Å². The van der Waals surface area contributed by atoms with Crippen LogP contribution < -0.4 is 14.4 Å². The molecular formula is C26H18N2O5S. The summed E-state index contributed by atoms with van der Waals surface area (Å²) in [5, 5.41) is 1.85. The van der Waals surface area contributed by atoms with Crippen molar-refractivity contribution < 1.29 is 23.9 Å². The van der Waals surface area contributed by atoms with Crippen LogP contribution in [0.2, 0.25) is 0 Å². The fourth-order valence-corrected chi connectivity index (χ4v) is 6.40. The molecule has 4 atom stereocenters. The Labute approximate surface area is 198 Å². The zero-order valence-electron chi connectivity index (χ0n) is 17.8. The lowest BCUT2D eigenvalue weighted by Crippen LogP contribution is -2.44. The molecule has 5 heterocycles. The second-order valence-electron chi connectivity index (χ2n) is 8.72. The van der Waals surface area contributed by atoms with Crippen LogP contribution in [0.15, 0.2) is 66.2 Å². The predicted molar refractivity (Wildman–Crippen MR) is 125 cm³/mol. The Hall–Kier alpha value is -3.91. The van der Waals surface area contributed by atoms with Gasteiger partial charge in [0.05, 0.1) is 28.4 Å². The average Bonchev–Trinajstić information content (AvgIpc) is 3.64. The maximum absolute atomic E-state index is 13.9. The molecule has 7 rings (SSSR count). The summed E-state index contributed by atoms with van der Waals surface area (Å²) in [6.45, 7) is 0.101. The molecule has 0 aliphatic carbocycles. The Bertz CT molecular complexity index is 1400. The Morgan fingerprint density at radius 1 is 0.941 bits per heavy atom. The van der Waals surface area contributed by atoms with E-state index in [4.69, 9.17) is 9.47 Å². The number of nitrogens with zero attached hydrogens (tertiary/aromatic N) is 2. The van der Waals surface area contributed by atoms with E-state index in [0.29, 0.717) is 22.1 Å². The maximum atomic E-state index is 13.9. The molecule has 2 aromatic carbocycles. The number of ketones is 1. The van der Waals surface area contributed by atoms with Crippen LogP contribution in [0.25, 0.3) is 6.08 Å². The highest BCUT2D eigenvalue weighted by atomic mass is 32.1. The van der Waals surface area contributed by atoms with Crippen LogP contribution in [-0.2, 0) is 9.59 Å². The quantitative estimate of drug-likeness (QED) is 0.427. The summed E-state index contributed by atoms with van der Waals surface area (Å²) in [5.74, 6) is -1.17. The highest BCUT2D eigenvalue weighted by Crippen LogP contribution is 2.54. The van der Waals surface area contributed by atoms with Crippen LogP contribution in [0.1, 0.15) is 26.8 Å². The molecule has 34 heavy (non-hydrogen) atoms. The first-order valence-corrected chi connectivity index (χ1v) is 11.9. The number of benzene rings is 2. The van der Waals surface area contributed by atoms with Gasteiger partial charge in [0.1, 0.15) is 6.04 Å². The van der Waals surface area contributed by atoms with Gasteiger partial charge in [0.15, 0.2) is 17.3 Å². The Kier molecular flexibility index (Phi) is 4.05. The van der Waals surface area contributed by atoms with Gasteiger partial charge in [-0.15, -0.1) is 11.3 Å². The third-order valence-electron chi connectivity index (χ3n) is 7.11. The number of carbonyl (C=O) groups is 3. The van der Waals surface area contributed by atoms with Crippen LogP contribution in [0.5, 0.6) is 11.5 Å². The molecule has 0 spiro atoms. The predicted octanol–water partition coefficient (Wildman–Crippen LogP) is 3.88. The number of amides is 2. The van der Waals surface area contributed by atoms with Crippen molar-refractivity contribution in [1.82, 2.24) is 4.90 Å². The molecular weight excluding hydrogens is 452 g/mol. The number of ether oxygens (including phenoxy) is 2. The molecule has 0 saturated carbocycles. The summed E-state index contributed by atoms with van der Waals surface area (Å²) in [6, 6.07) is 15.3.